The number of rotatable bonds is 4. The summed E-state index contributed by atoms with van der Waals surface area (Å²) >= 11 is 0. The van der Waals surface area contributed by atoms with E-state index in [1.807, 2.05) is 39.8 Å². The van der Waals surface area contributed by atoms with Crippen molar-refractivity contribution in [2.24, 2.45) is 0 Å². The number of allylic oxidation sites excluding steroid dienone is 1. The molecule has 0 unspecified atom stereocenters. The van der Waals surface area contributed by atoms with E-state index in [1.165, 1.54) is 0 Å². The maximum absolute atomic E-state index is 12.0. The summed E-state index contributed by atoms with van der Waals surface area (Å²) in [6.45, 7) is 11.7. The van der Waals surface area contributed by atoms with Crippen molar-refractivity contribution in [2.75, 3.05) is 16.0 Å². The molecule has 0 aliphatic heterocycles. The van der Waals surface area contributed by atoms with Crippen molar-refractivity contribution in [1.82, 2.24) is 5.16 Å². The number of carbonyl (C=O) groups is 1. The summed E-state index contributed by atoms with van der Waals surface area (Å²) in [7, 11) is 0. The van der Waals surface area contributed by atoms with Crippen molar-refractivity contribution in [3.05, 3.63) is 48.4 Å². The minimum absolute atomic E-state index is 0. The van der Waals surface area contributed by atoms with Crippen LogP contribution in [0, 0.1) is 0 Å². The molecule has 2 aromatic rings. The van der Waals surface area contributed by atoms with E-state index >= 15 is 0 Å². The molecule has 0 aliphatic rings. The number of nitrogens with one attached hydrogen (secondary N) is 3. The van der Waals surface area contributed by atoms with Crippen LogP contribution in [0.3, 0.4) is 0 Å². The summed E-state index contributed by atoms with van der Waals surface area (Å²) in [5.74, 6) is 1.09. The maximum atomic E-state index is 12.0. The van der Waals surface area contributed by atoms with Crippen LogP contribution in [-0.2, 0) is 5.41 Å². The lowest BCUT2D eigenvalue weighted by molar-refractivity contribution is 0.262. The molecule has 1 aromatic heterocycles. The smallest absolute Gasteiger partial charge is 0.324 e. The van der Waals surface area contributed by atoms with Crippen LogP contribution in [-0.4, -0.2) is 19.6 Å². The van der Waals surface area contributed by atoms with Crippen molar-refractivity contribution in [1.29, 1.82) is 0 Å². The largest absolute Gasteiger partial charge is 0.360 e. The molecule has 1 aromatic carbocycles. The van der Waals surface area contributed by atoms with Gasteiger partial charge >= 0.3 is 6.03 Å². The standard InChI is InChI=1S/C17H22N4O2.B/c1-11(2)18-12-6-8-13(9-7-12)19-16(22)20-15-10-14(23-21-15)17(3,4)5;/h6-10,18H,1H2,2-5H3,(H2,19,20,21,22);. The number of benzene rings is 1. The highest BCUT2D eigenvalue weighted by Crippen LogP contribution is 2.24. The first-order chi connectivity index (χ1) is 10.7. The van der Waals surface area contributed by atoms with Gasteiger partial charge in [-0.1, -0.05) is 32.5 Å². The highest BCUT2D eigenvalue weighted by atomic mass is 16.5. The van der Waals surface area contributed by atoms with Crippen LogP contribution >= 0.6 is 0 Å². The van der Waals surface area contributed by atoms with Crippen molar-refractivity contribution >= 4 is 31.6 Å². The van der Waals surface area contributed by atoms with Gasteiger partial charge in [0.25, 0.3) is 0 Å². The third-order valence-corrected chi connectivity index (χ3v) is 2.99. The van der Waals surface area contributed by atoms with Crippen LogP contribution in [0.2, 0.25) is 0 Å². The zero-order valence-corrected chi connectivity index (χ0v) is 14.4. The van der Waals surface area contributed by atoms with Crippen LogP contribution in [0.5, 0.6) is 0 Å². The quantitative estimate of drug-likeness (QED) is 0.737. The first-order valence-corrected chi connectivity index (χ1v) is 7.32. The zero-order valence-electron chi connectivity index (χ0n) is 14.4. The molecule has 24 heavy (non-hydrogen) atoms. The Morgan fingerprint density at radius 2 is 1.62 bits per heavy atom. The molecule has 3 radical (unpaired) electrons. The summed E-state index contributed by atoms with van der Waals surface area (Å²) in [6, 6.07) is 8.66. The molecule has 125 valence electrons. The van der Waals surface area contributed by atoms with Gasteiger partial charge in [0.15, 0.2) is 5.82 Å². The molecule has 0 fully saturated rings. The second kappa shape index (κ2) is 7.72. The van der Waals surface area contributed by atoms with Gasteiger partial charge in [-0.2, -0.15) is 0 Å². The fraction of sp³-hybridized carbons (Fsp3) is 0.294. The topological polar surface area (TPSA) is 79.2 Å². The van der Waals surface area contributed by atoms with Crippen LogP contribution in [0.25, 0.3) is 0 Å². The fourth-order valence-electron chi connectivity index (χ4n) is 1.85. The van der Waals surface area contributed by atoms with Gasteiger partial charge in [-0.3, -0.25) is 5.32 Å². The Bertz CT molecular complexity index is 702. The molecule has 0 aliphatic carbocycles. The second-order valence-corrected chi connectivity index (χ2v) is 6.39. The van der Waals surface area contributed by atoms with E-state index in [4.69, 9.17) is 4.52 Å². The Morgan fingerprint density at radius 1 is 1.08 bits per heavy atom. The first kappa shape index (κ1) is 19.4. The molecular weight excluding hydrogens is 303 g/mol. The maximum Gasteiger partial charge on any atom is 0.324 e. The van der Waals surface area contributed by atoms with E-state index in [1.54, 1.807) is 18.2 Å². The molecule has 0 saturated heterocycles. The molecule has 1 heterocycles. The van der Waals surface area contributed by atoms with Gasteiger partial charge in [-0.05, 0) is 31.2 Å². The first-order valence-electron chi connectivity index (χ1n) is 7.32. The summed E-state index contributed by atoms with van der Waals surface area (Å²) in [5, 5.41) is 12.3. The lowest BCUT2D eigenvalue weighted by atomic mass is 9.93. The van der Waals surface area contributed by atoms with Gasteiger partial charge in [0, 0.05) is 37.0 Å². The molecule has 2 amide bonds. The van der Waals surface area contributed by atoms with E-state index < -0.39 is 0 Å². The van der Waals surface area contributed by atoms with Crippen LogP contribution in [0.4, 0.5) is 22.0 Å². The van der Waals surface area contributed by atoms with Crippen molar-refractivity contribution in [2.45, 2.75) is 33.1 Å². The fourth-order valence-corrected chi connectivity index (χ4v) is 1.85. The number of aromatic nitrogens is 1. The number of nitrogens with zero attached hydrogens (tertiary/aromatic N) is 1. The molecular formula is C17H22BN4O2. The molecule has 6 nitrogen and oxygen atoms in total. The van der Waals surface area contributed by atoms with Gasteiger partial charge in [-0.25, -0.2) is 4.79 Å². The van der Waals surface area contributed by atoms with E-state index in [0.29, 0.717) is 17.3 Å². The Morgan fingerprint density at radius 3 is 2.08 bits per heavy atom. The average Bonchev–Trinajstić information content (AvgIpc) is 2.89. The van der Waals surface area contributed by atoms with Crippen LogP contribution < -0.4 is 16.0 Å². The zero-order chi connectivity index (χ0) is 17.0. The predicted molar refractivity (Wildman–Crippen MR) is 98.5 cm³/mol. The summed E-state index contributed by atoms with van der Waals surface area (Å²) in [5.41, 5.74) is 2.28. The van der Waals surface area contributed by atoms with E-state index in [2.05, 4.69) is 27.7 Å². The molecule has 3 N–H and O–H groups in total. The van der Waals surface area contributed by atoms with Crippen molar-refractivity contribution in [3.8, 4) is 0 Å². The lowest BCUT2D eigenvalue weighted by Gasteiger charge is -2.12. The van der Waals surface area contributed by atoms with Gasteiger partial charge in [0.05, 0.1) is 0 Å². The number of hydrogen-bond acceptors (Lipinski definition) is 4. The van der Waals surface area contributed by atoms with Gasteiger partial charge in [0.1, 0.15) is 5.76 Å². The second-order valence-electron chi connectivity index (χ2n) is 6.39. The SMILES string of the molecule is C=C(C)Nc1ccc(NC(=O)Nc2cc(C(C)(C)C)on2)cc1.[B]. The monoisotopic (exact) mass is 325 g/mol. The molecule has 7 heteroatoms. The average molecular weight is 325 g/mol. The lowest BCUT2D eigenvalue weighted by Crippen LogP contribution is -2.19. The normalized spacial score (nSPS) is 10.5. The summed E-state index contributed by atoms with van der Waals surface area (Å²) in [6.07, 6.45) is 0. The molecule has 0 bridgehead atoms. The predicted octanol–water partition coefficient (Wildman–Crippen LogP) is 4.18. The third kappa shape index (κ3) is 5.50. The minimum Gasteiger partial charge on any atom is -0.360 e. The summed E-state index contributed by atoms with van der Waals surface area (Å²) < 4.78 is 5.22. The van der Waals surface area contributed by atoms with Crippen molar-refractivity contribution < 1.29 is 9.32 Å². The van der Waals surface area contributed by atoms with E-state index in [-0.39, 0.29) is 19.9 Å². The van der Waals surface area contributed by atoms with Crippen molar-refractivity contribution in [3.63, 3.8) is 0 Å². The van der Waals surface area contributed by atoms with Gasteiger partial charge in [0.2, 0.25) is 0 Å². The Kier molecular flexibility index (Phi) is 6.23. The van der Waals surface area contributed by atoms with Crippen LogP contribution in [0.15, 0.2) is 47.1 Å². The molecule has 0 spiro atoms. The molecule has 0 saturated carbocycles. The minimum atomic E-state index is -0.376. The Labute approximate surface area is 144 Å². The summed E-state index contributed by atoms with van der Waals surface area (Å²) in [4.78, 5) is 12.0. The molecule has 0 atom stereocenters. The number of hydrogen-bond donors (Lipinski definition) is 3. The highest BCUT2D eigenvalue weighted by molar-refractivity contribution is 5.99. The number of urea groups is 1. The third-order valence-electron chi connectivity index (χ3n) is 2.99. The Hall–Kier alpha value is -2.70. The highest BCUT2D eigenvalue weighted by Gasteiger charge is 2.20. The number of anilines is 3. The van der Waals surface area contributed by atoms with Crippen LogP contribution in [0.1, 0.15) is 33.5 Å². The molecule has 2 rings (SSSR count). The van der Waals surface area contributed by atoms with E-state index in [0.717, 1.165) is 11.4 Å². The van der Waals surface area contributed by atoms with E-state index in [9.17, 15) is 4.79 Å². The number of amides is 2. The van der Waals surface area contributed by atoms with Gasteiger partial charge < -0.3 is 15.2 Å². The number of carbonyl (C=O) groups excluding carboxylic acids is 1. The van der Waals surface area contributed by atoms with Gasteiger partial charge in [-0.15, -0.1) is 0 Å². The Balaban J connectivity index is 0.00000288.